The molecule has 0 spiro atoms. The molecule has 0 unspecified atom stereocenters. The van der Waals surface area contributed by atoms with Crippen LogP contribution in [-0.4, -0.2) is 39.7 Å². The van der Waals surface area contributed by atoms with E-state index in [4.69, 9.17) is 5.11 Å². The van der Waals surface area contributed by atoms with Crippen molar-refractivity contribution >= 4 is 12.0 Å². The second-order valence-corrected chi connectivity index (χ2v) is 4.75. The third-order valence-electron chi connectivity index (χ3n) is 2.59. The van der Waals surface area contributed by atoms with Crippen LogP contribution in [0.15, 0.2) is 12.5 Å². The molecule has 0 aromatic carbocycles. The van der Waals surface area contributed by atoms with Gasteiger partial charge in [-0.15, -0.1) is 0 Å². The van der Waals surface area contributed by atoms with E-state index in [0.717, 1.165) is 6.42 Å². The van der Waals surface area contributed by atoms with Crippen molar-refractivity contribution in [3.63, 3.8) is 0 Å². The van der Waals surface area contributed by atoms with Gasteiger partial charge in [0, 0.05) is 24.9 Å². The van der Waals surface area contributed by atoms with Crippen LogP contribution in [0.25, 0.3) is 0 Å². The number of amides is 2. The largest absolute Gasteiger partial charge is 0.480 e. The minimum Gasteiger partial charge on any atom is -0.480 e. The van der Waals surface area contributed by atoms with Crippen LogP contribution in [-0.2, 0) is 11.2 Å². The summed E-state index contributed by atoms with van der Waals surface area (Å²) in [5.74, 6) is -0.589. The van der Waals surface area contributed by atoms with Crippen LogP contribution < -0.4 is 10.6 Å². The lowest BCUT2D eigenvalue weighted by Gasteiger charge is -2.14. The van der Waals surface area contributed by atoms with Gasteiger partial charge < -0.3 is 20.7 Å². The summed E-state index contributed by atoms with van der Waals surface area (Å²) in [6, 6.07) is -1.44. The first-order valence-corrected chi connectivity index (χ1v) is 6.23. The van der Waals surface area contributed by atoms with Crippen molar-refractivity contribution < 1.29 is 14.7 Å². The predicted octanol–water partition coefficient (Wildman–Crippen LogP) is 0.751. The van der Waals surface area contributed by atoms with E-state index in [0.29, 0.717) is 18.2 Å². The molecule has 0 saturated heterocycles. The van der Waals surface area contributed by atoms with Crippen LogP contribution in [0.5, 0.6) is 0 Å². The third kappa shape index (κ3) is 5.89. The van der Waals surface area contributed by atoms with E-state index in [2.05, 4.69) is 34.4 Å². The second kappa shape index (κ2) is 7.40. The number of imidazole rings is 1. The van der Waals surface area contributed by atoms with Crippen LogP contribution in [0.3, 0.4) is 0 Å². The number of carboxylic acid groups (broad SMARTS) is 1. The molecule has 7 nitrogen and oxygen atoms in total. The lowest BCUT2D eigenvalue weighted by atomic mass is 10.1. The summed E-state index contributed by atoms with van der Waals surface area (Å²) in [4.78, 5) is 29.2. The zero-order valence-corrected chi connectivity index (χ0v) is 11.1. The average Bonchev–Trinajstić information content (AvgIpc) is 2.80. The quantitative estimate of drug-likeness (QED) is 0.585. The van der Waals surface area contributed by atoms with Gasteiger partial charge in [-0.05, 0) is 12.3 Å². The molecular formula is C12H20N4O3. The number of carbonyl (C=O) groups is 2. The molecule has 1 aromatic rings. The van der Waals surface area contributed by atoms with E-state index >= 15 is 0 Å². The standard InChI is InChI=1S/C12H20N4O3/c1-8(2)3-4-14-12(19)16-10(11(17)18)5-9-6-13-7-15-9/h6-8,10H,3-5H2,1-2H3,(H,13,15)(H,17,18)(H2,14,16,19)/t10-/m0/s1. The predicted molar refractivity (Wildman–Crippen MR) is 69.7 cm³/mol. The Morgan fingerprint density at radius 3 is 2.74 bits per heavy atom. The van der Waals surface area contributed by atoms with E-state index in [-0.39, 0.29) is 6.42 Å². The van der Waals surface area contributed by atoms with Gasteiger partial charge in [0.2, 0.25) is 0 Å². The molecule has 4 N–H and O–H groups in total. The third-order valence-corrected chi connectivity index (χ3v) is 2.59. The normalized spacial score (nSPS) is 12.2. The number of rotatable bonds is 7. The summed E-state index contributed by atoms with van der Waals surface area (Å²) in [5.41, 5.74) is 0.662. The highest BCUT2D eigenvalue weighted by atomic mass is 16.4. The first-order valence-electron chi connectivity index (χ1n) is 6.23. The molecule has 0 radical (unpaired) electrons. The maximum Gasteiger partial charge on any atom is 0.326 e. The SMILES string of the molecule is CC(C)CCNC(=O)N[C@@H](Cc1cnc[nH]1)C(=O)O. The number of H-pyrrole nitrogens is 1. The zero-order chi connectivity index (χ0) is 14.3. The molecule has 7 heteroatoms. The number of hydrogen-bond donors (Lipinski definition) is 4. The van der Waals surface area contributed by atoms with E-state index in [1.807, 2.05) is 0 Å². The number of carbonyl (C=O) groups excluding carboxylic acids is 1. The van der Waals surface area contributed by atoms with Gasteiger partial charge >= 0.3 is 12.0 Å². The monoisotopic (exact) mass is 268 g/mol. The van der Waals surface area contributed by atoms with E-state index < -0.39 is 18.0 Å². The summed E-state index contributed by atoms with van der Waals surface area (Å²) in [5, 5.41) is 14.1. The van der Waals surface area contributed by atoms with Gasteiger partial charge in [0.25, 0.3) is 0 Å². The molecule has 1 atom stereocenters. The van der Waals surface area contributed by atoms with Crippen LogP contribution in [0.2, 0.25) is 0 Å². The first-order chi connectivity index (χ1) is 8.99. The fraction of sp³-hybridized carbons (Fsp3) is 0.583. The Morgan fingerprint density at radius 2 is 2.21 bits per heavy atom. The molecule has 0 bridgehead atoms. The number of urea groups is 1. The first kappa shape index (κ1) is 15.0. The summed E-state index contributed by atoms with van der Waals surface area (Å²) < 4.78 is 0. The van der Waals surface area contributed by atoms with E-state index in [1.165, 1.54) is 12.5 Å². The van der Waals surface area contributed by atoms with Crippen LogP contribution in [0.1, 0.15) is 26.0 Å². The van der Waals surface area contributed by atoms with Crippen molar-refractivity contribution in [3.8, 4) is 0 Å². The Morgan fingerprint density at radius 1 is 1.47 bits per heavy atom. The highest BCUT2D eigenvalue weighted by Crippen LogP contribution is 1.99. The number of carboxylic acids is 1. The minimum absolute atomic E-state index is 0.174. The highest BCUT2D eigenvalue weighted by molar-refractivity contribution is 5.82. The van der Waals surface area contributed by atoms with Gasteiger partial charge in [0.05, 0.1) is 6.33 Å². The van der Waals surface area contributed by atoms with Crippen molar-refractivity contribution in [2.75, 3.05) is 6.54 Å². The smallest absolute Gasteiger partial charge is 0.326 e. The Balaban J connectivity index is 2.40. The minimum atomic E-state index is -1.08. The van der Waals surface area contributed by atoms with Crippen molar-refractivity contribution in [1.29, 1.82) is 0 Å². The molecule has 0 aliphatic rings. The topological polar surface area (TPSA) is 107 Å². The van der Waals surface area contributed by atoms with Crippen molar-refractivity contribution in [2.45, 2.75) is 32.7 Å². The number of aliphatic carboxylic acids is 1. The Hall–Kier alpha value is -2.05. The molecular weight excluding hydrogens is 248 g/mol. The summed E-state index contributed by atoms with van der Waals surface area (Å²) in [6.45, 7) is 4.63. The van der Waals surface area contributed by atoms with Gasteiger partial charge in [-0.1, -0.05) is 13.8 Å². The molecule has 19 heavy (non-hydrogen) atoms. The highest BCUT2D eigenvalue weighted by Gasteiger charge is 2.20. The van der Waals surface area contributed by atoms with Crippen LogP contribution in [0.4, 0.5) is 4.79 Å². The molecule has 1 aromatic heterocycles. The average molecular weight is 268 g/mol. The van der Waals surface area contributed by atoms with E-state index in [1.54, 1.807) is 0 Å². The van der Waals surface area contributed by atoms with Crippen molar-refractivity contribution in [3.05, 3.63) is 18.2 Å². The molecule has 0 fully saturated rings. The zero-order valence-electron chi connectivity index (χ0n) is 11.1. The number of aromatic nitrogens is 2. The lowest BCUT2D eigenvalue weighted by Crippen LogP contribution is -2.47. The number of hydrogen-bond acceptors (Lipinski definition) is 3. The Bertz CT molecular complexity index is 403. The van der Waals surface area contributed by atoms with Gasteiger partial charge in [0.1, 0.15) is 6.04 Å². The molecule has 1 heterocycles. The maximum atomic E-state index is 11.6. The fourth-order valence-electron chi connectivity index (χ4n) is 1.50. The maximum absolute atomic E-state index is 11.6. The molecule has 0 aliphatic carbocycles. The molecule has 1 rings (SSSR count). The van der Waals surface area contributed by atoms with Crippen LogP contribution in [0, 0.1) is 5.92 Å². The van der Waals surface area contributed by atoms with Crippen LogP contribution >= 0.6 is 0 Å². The molecule has 0 aliphatic heterocycles. The molecule has 0 saturated carbocycles. The summed E-state index contributed by atoms with van der Waals surface area (Å²) in [7, 11) is 0. The van der Waals surface area contributed by atoms with Gasteiger partial charge in [-0.2, -0.15) is 0 Å². The van der Waals surface area contributed by atoms with Crippen molar-refractivity contribution in [1.82, 2.24) is 20.6 Å². The Kier molecular flexibility index (Phi) is 5.84. The number of nitrogens with one attached hydrogen (secondary N) is 3. The van der Waals surface area contributed by atoms with Gasteiger partial charge in [-0.3, -0.25) is 0 Å². The molecule has 106 valence electrons. The second-order valence-electron chi connectivity index (χ2n) is 4.75. The number of nitrogens with zero attached hydrogens (tertiary/aromatic N) is 1. The lowest BCUT2D eigenvalue weighted by molar-refractivity contribution is -0.139. The Labute approximate surface area is 111 Å². The summed E-state index contributed by atoms with van der Waals surface area (Å²) in [6.07, 6.45) is 4.03. The van der Waals surface area contributed by atoms with Crippen molar-refractivity contribution in [2.24, 2.45) is 5.92 Å². The fourth-order valence-corrected chi connectivity index (χ4v) is 1.50. The van der Waals surface area contributed by atoms with Gasteiger partial charge in [0.15, 0.2) is 0 Å². The molecule has 2 amide bonds. The number of aromatic amines is 1. The summed E-state index contributed by atoms with van der Waals surface area (Å²) >= 11 is 0. The van der Waals surface area contributed by atoms with Gasteiger partial charge in [-0.25, -0.2) is 14.6 Å². The van der Waals surface area contributed by atoms with E-state index in [9.17, 15) is 9.59 Å².